The van der Waals surface area contributed by atoms with Crippen LogP contribution in [-0.4, -0.2) is 14.5 Å². The Hall–Kier alpha value is -1.42. The minimum atomic E-state index is 0.376. The zero-order chi connectivity index (χ0) is 10.1. The Labute approximate surface area is 82.8 Å². The second-order valence-electron chi connectivity index (χ2n) is 3.56. The van der Waals surface area contributed by atoms with Crippen molar-refractivity contribution in [1.82, 2.24) is 14.5 Å². The van der Waals surface area contributed by atoms with Gasteiger partial charge in [0.15, 0.2) is 0 Å². The molecule has 74 valence electrons. The van der Waals surface area contributed by atoms with Crippen LogP contribution in [0.25, 0.3) is 11.0 Å². The monoisotopic (exact) mass is 190 g/mol. The van der Waals surface area contributed by atoms with Gasteiger partial charge in [-0.1, -0.05) is 0 Å². The SMILES string of the molecule is CC(C)n1c(CN)nc2cnccc21. The van der Waals surface area contributed by atoms with E-state index in [4.69, 9.17) is 5.73 Å². The molecule has 0 aliphatic heterocycles. The molecule has 0 bridgehead atoms. The fourth-order valence-corrected chi connectivity index (χ4v) is 1.72. The molecule has 0 saturated heterocycles. The van der Waals surface area contributed by atoms with Crippen molar-refractivity contribution >= 4 is 11.0 Å². The molecule has 2 N–H and O–H groups in total. The summed E-state index contributed by atoms with van der Waals surface area (Å²) in [6.07, 6.45) is 3.55. The van der Waals surface area contributed by atoms with Crippen molar-refractivity contribution < 1.29 is 0 Å². The van der Waals surface area contributed by atoms with Crippen LogP contribution in [0.2, 0.25) is 0 Å². The Kier molecular flexibility index (Phi) is 2.21. The largest absolute Gasteiger partial charge is 0.324 e. The number of pyridine rings is 1. The molecular weight excluding hydrogens is 176 g/mol. The maximum Gasteiger partial charge on any atom is 0.123 e. The molecular formula is C10H14N4. The van der Waals surface area contributed by atoms with E-state index in [0.29, 0.717) is 12.6 Å². The van der Waals surface area contributed by atoms with Gasteiger partial charge in [-0.15, -0.1) is 0 Å². The van der Waals surface area contributed by atoms with Crippen molar-refractivity contribution in [2.75, 3.05) is 0 Å². The number of hydrogen-bond acceptors (Lipinski definition) is 3. The van der Waals surface area contributed by atoms with Gasteiger partial charge in [-0.25, -0.2) is 4.98 Å². The Morgan fingerprint density at radius 1 is 1.50 bits per heavy atom. The summed E-state index contributed by atoms with van der Waals surface area (Å²) in [5.74, 6) is 0.919. The van der Waals surface area contributed by atoms with Crippen LogP contribution in [0, 0.1) is 0 Å². The first-order valence-corrected chi connectivity index (χ1v) is 4.75. The van der Waals surface area contributed by atoms with E-state index in [2.05, 4.69) is 28.4 Å². The maximum absolute atomic E-state index is 5.65. The van der Waals surface area contributed by atoms with E-state index in [0.717, 1.165) is 16.9 Å². The van der Waals surface area contributed by atoms with Gasteiger partial charge in [0.2, 0.25) is 0 Å². The van der Waals surface area contributed by atoms with E-state index in [1.165, 1.54) is 0 Å². The molecule has 0 aromatic carbocycles. The summed E-state index contributed by atoms with van der Waals surface area (Å²) >= 11 is 0. The van der Waals surface area contributed by atoms with Gasteiger partial charge >= 0.3 is 0 Å². The van der Waals surface area contributed by atoms with Gasteiger partial charge in [-0.2, -0.15) is 0 Å². The molecule has 2 rings (SSSR count). The average molecular weight is 190 g/mol. The van der Waals surface area contributed by atoms with Crippen LogP contribution in [-0.2, 0) is 6.54 Å². The van der Waals surface area contributed by atoms with Crippen LogP contribution in [0.3, 0.4) is 0 Å². The van der Waals surface area contributed by atoms with E-state index < -0.39 is 0 Å². The molecule has 0 fully saturated rings. The quantitative estimate of drug-likeness (QED) is 0.780. The Morgan fingerprint density at radius 2 is 2.29 bits per heavy atom. The van der Waals surface area contributed by atoms with Crippen molar-refractivity contribution in [3.8, 4) is 0 Å². The van der Waals surface area contributed by atoms with Gasteiger partial charge in [-0.3, -0.25) is 4.98 Å². The van der Waals surface area contributed by atoms with E-state index in [9.17, 15) is 0 Å². The third-order valence-electron chi connectivity index (χ3n) is 2.26. The van der Waals surface area contributed by atoms with Gasteiger partial charge in [0, 0.05) is 12.2 Å². The highest BCUT2D eigenvalue weighted by Crippen LogP contribution is 2.19. The lowest BCUT2D eigenvalue weighted by atomic mass is 10.3. The normalized spacial score (nSPS) is 11.4. The molecule has 0 saturated carbocycles. The molecule has 0 aliphatic carbocycles. The third kappa shape index (κ3) is 1.28. The van der Waals surface area contributed by atoms with Crippen molar-refractivity contribution in [2.45, 2.75) is 26.4 Å². The number of nitrogens with two attached hydrogens (primary N) is 1. The number of fused-ring (bicyclic) bond motifs is 1. The zero-order valence-corrected chi connectivity index (χ0v) is 8.44. The summed E-state index contributed by atoms with van der Waals surface area (Å²) in [5.41, 5.74) is 7.67. The summed E-state index contributed by atoms with van der Waals surface area (Å²) in [6, 6.07) is 2.35. The van der Waals surface area contributed by atoms with Gasteiger partial charge in [0.1, 0.15) is 11.3 Å². The van der Waals surface area contributed by atoms with E-state index in [-0.39, 0.29) is 0 Å². The summed E-state index contributed by atoms with van der Waals surface area (Å²) < 4.78 is 2.15. The van der Waals surface area contributed by atoms with Crippen LogP contribution in [0.15, 0.2) is 18.5 Å². The van der Waals surface area contributed by atoms with Gasteiger partial charge < -0.3 is 10.3 Å². The Bertz CT molecular complexity index is 444. The van der Waals surface area contributed by atoms with Crippen molar-refractivity contribution in [3.05, 3.63) is 24.3 Å². The lowest BCUT2D eigenvalue weighted by Crippen LogP contribution is -2.10. The van der Waals surface area contributed by atoms with Crippen LogP contribution >= 0.6 is 0 Å². The predicted molar refractivity (Wildman–Crippen MR) is 55.8 cm³/mol. The molecule has 0 amide bonds. The molecule has 14 heavy (non-hydrogen) atoms. The molecule has 2 aromatic heterocycles. The molecule has 0 aliphatic rings. The predicted octanol–water partition coefficient (Wildman–Crippen LogP) is 1.47. The number of imidazole rings is 1. The topological polar surface area (TPSA) is 56.7 Å². The van der Waals surface area contributed by atoms with Crippen molar-refractivity contribution in [3.63, 3.8) is 0 Å². The molecule has 0 spiro atoms. The molecule has 0 unspecified atom stereocenters. The highest BCUT2D eigenvalue weighted by atomic mass is 15.1. The first kappa shape index (κ1) is 9.15. The lowest BCUT2D eigenvalue weighted by molar-refractivity contribution is 0.585. The number of hydrogen-bond donors (Lipinski definition) is 1. The highest BCUT2D eigenvalue weighted by molar-refractivity contribution is 5.74. The summed E-state index contributed by atoms with van der Waals surface area (Å²) in [4.78, 5) is 8.47. The van der Waals surface area contributed by atoms with Crippen LogP contribution in [0.1, 0.15) is 25.7 Å². The zero-order valence-electron chi connectivity index (χ0n) is 8.44. The summed E-state index contributed by atoms with van der Waals surface area (Å²) in [5, 5.41) is 0. The fraction of sp³-hybridized carbons (Fsp3) is 0.400. The molecule has 0 radical (unpaired) electrons. The van der Waals surface area contributed by atoms with E-state index >= 15 is 0 Å². The van der Waals surface area contributed by atoms with E-state index in [1.54, 1.807) is 12.4 Å². The van der Waals surface area contributed by atoms with Crippen LogP contribution in [0.5, 0.6) is 0 Å². The number of aromatic nitrogens is 3. The third-order valence-corrected chi connectivity index (χ3v) is 2.26. The van der Waals surface area contributed by atoms with E-state index in [1.807, 2.05) is 6.07 Å². The van der Waals surface area contributed by atoms with Crippen LogP contribution < -0.4 is 5.73 Å². The molecule has 2 aromatic rings. The molecule has 4 nitrogen and oxygen atoms in total. The summed E-state index contributed by atoms with van der Waals surface area (Å²) in [7, 11) is 0. The Balaban J connectivity index is 2.74. The van der Waals surface area contributed by atoms with Gasteiger partial charge in [0.05, 0.1) is 18.3 Å². The van der Waals surface area contributed by atoms with Gasteiger partial charge in [0.25, 0.3) is 0 Å². The number of rotatable bonds is 2. The lowest BCUT2D eigenvalue weighted by Gasteiger charge is -2.11. The second kappa shape index (κ2) is 3.38. The Morgan fingerprint density at radius 3 is 2.93 bits per heavy atom. The molecule has 2 heterocycles. The minimum absolute atomic E-state index is 0.376. The highest BCUT2D eigenvalue weighted by Gasteiger charge is 2.10. The van der Waals surface area contributed by atoms with Gasteiger partial charge in [-0.05, 0) is 19.9 Å². The first-order chi connectivity index (χ1) is 6.74. The fourth-order valence-electron chi connectivity index (χ4n) is 1.72. The molecule has 4 heteroatoms. The second-order valence-corrected chi connectivity index (χ2v) is 3.56. The average Bonchev–Trinajstić information content (AvgIpc) is 2.55. The maximum atomic E-state index is 5.65. The van der Waals surface area contributed by atoms with Crippen molar-refractivity contribution in [2.24, 2.45) is 5.73 Å². The molecule has 0 atom stereocenters. The smallest absolute Gasteiger partial charge is 0.123 e. The number of nitrogens with zero attached hydrogens (tertiary/aromatic N) is 3. The first-order valence-electron chi connectivity index (χ1n) is 4.75. The van der Waals surface area contributed by atoms with Crippen molar-refractivity contribution in [1.29, 1.82) is 0 Å². The van der Waals surface area contributed by atoms with Crippen LogP contribution in [0.4, 0.5) is 0 Å². The minimum Gasteiger partial charge on any atom is -0.324 e. The standard InChI is InChI=1S/C10H14N4/c1-7(2)14-9-3-4-12-6-8(9)13-10(14)5-11/h3-4,6-7H,5,11H2,1-2H3. The summed E-state index contributed by atoms with van der Waals surface area (Å²) in [6.45, 7) is 4.72.